The van der Waals surface area contributed by atoms with E-state index in [-0.39, 0.29) is 17.8 Å². The monoisotopic (exact) mass is 212 g/mol. The van der Waals surface area contributed by atoms with Crippen LogP contribution in [0.4, 0.5) is 0 Å². The van der Waals surface area contributed by atoms with E-state index in [2.05, 4.69) is 27.4 Å². The van der Waals surface area contributed by atoms with Gasteiger partial charge in [-0.05, 0) is 0 Å². The lowest BCUT2D eigenvalue weighted by molar-refractivity contribution is -0.135. The first-order valence-electron chi connectivity index (χ1n) is 2.30. The van der Waals surface area contributed by atoms with E-state index in [1.165, 1.54) is 0 Å². The summed E-state index contributed by atoms with van der Waals surface area (Å²) in [6.45, 7) is -0.278. The highest BCUT2D eigenvalue weighted by atomic mass is 79.9. The molecule has 0 unspecified atom stereocenters. The molecule has 0 fully saturated rings. The Morgan fingerprint density at radius 2 is 1.70 bits per heavy atom. The molecule has 0 rings (SSSR count). The first-order valence-corrected chi connectivity index (χ1v) is 3.42. The zero-order chi connectivity index (χ0) is 8.57. The third-order valence-electron chi connectivity index (χ3n) is 0.306. The number of carboxylic acids is 1. The maximum Gasteiger partial charge on any atom is 0.317 e. The molecule has 60 valence electrons. The Balaban J connectivity index is 0. The summed E-state index contributed by atoms with van der Waals surface area (Å²) in [6.07, 6.45) is 0. The van der Waals surface area contributed by atoms with Gasteiger partial charge in [0.05, 0.1) is 11.9 Å². The van der Waals surface area contributed by atoms with Gasteiger partial charge in [-0.25, -0.2) is 0 Å². The Labute approximate surface area is 66.5 Å². The summed E-state index contributed by atoms with van der Waals surface area (Å²) in [4.78, 5) is 18.8. The fraction of sp³-hybridized carbons (Fsp3) is 0.500. The molecule has 0 saturated carbocycles. The molecular formula is C4H9BrN2O3. The number of carbonyl (C=O) groups excluding carboxylic acids is 1. The highest BCUT2D eigenvalue weighted by molar-refractivity contribution is 9.09. The van der Waals surface area contributed by atoms with Crippen LogP contribution in [0.2, 0.25) is 0 Å². The summed E-state index contributed by atoms with van der Waals surface area (Å²) in [5.41, 5.74) is 9.18. The fourth-order valence-corrected chi connectivity index (χ4v) is 0. The normalized spacial score (nSPS) is 7.40. The number of hydrogen-bond acceptors (Lipinski definition) is 3. The van der Waals surface area contributed by atoms with E-state index in [0.29, 0.717) is 0 Å². The van der Waals surface area contributed by atoms with Crippen molar-refractivity contribution < 1.29 is 14.7 Å². The smallest absolute Gasteiger partial charge is 0.317 e. The summed E-state index contributed by atoms with van der Waals surface area (Å²) in [6, 6.07) is 0. The Morgan fingerprint density at radius 1 is 1.50 bits per heavy atom. The number of aliphatic carboxylic acids is 1. The van der Waals surface area contributed by atoms with Crippen LogP contribution in [0, 0.1) is 0 Å². The predicted octanol–water partition coefficient (Wildman–Crippen LogP) is -1.10. The molecule has 0 aromatic heterocycles. The zero-order valence-corrected chi connectivity index (χ0v) is 6.80. The minimum atomic E-state index is -0.968. The van der Waals surface area contributed by atoms with Gasteiger partial charge >= 0.3 is 5.97 Å². The number of carbonyl (C=O) groups is 2. The SMILES string of the molecule is NC(=O)CBr.NCC(=O)O. The van der Waals surface area contributed by atoms with Crippen LogP contribution in [0.1, 0.15) is 0 Å². The van der Waals surface area contributed by atoms with Gasteiger partial charge in [-0.2, -0.15) is 0 Å². The first kappa shape index (κ1) is 12.1. The van der Waals surface area contributed by atoms with Crippen LogP contribution < -0.4 is 11.5 Å². The standard InChI is InChI=1S/C2H4BrNO.C2H5NO2/c2*3-1-2(4)5/h1H2,(H2,4,5);1,3H2,(H,4,5). The number of carboxylic acid groups (broad SMARTS) is 1. The molecule has 0 aromatic carbocycles. The van der Waals surface area contributed by atoms with Crippen molar-refractivity contribution in [1.82, 2.24) is 0 Å². The van der Waals surface area contributed by atoms with Gasteiger partial charge < -0.3 is 16.6 Å². The Kier molecular flexibility index (Phi) is 10.1. The molecule has 10 heavy (non-hydrogen) atoms. The van der Waals surface area contributed by atoms with Crippen molar-refractivity contribution in [2.45, 2.75) is 0 Å². The number of nitrogens with two attached hydrogens (primary N) is 2. The van der Waals surface area contributed by atoms with Crippen molar-refractivity contribution in [2.24, 2.45) is 11.5 Å². The molecule has 6 heteroatoms. The average Bonchev–Trinajstić information content (AvgIpc) is 1.89. The second-order valence-corrected chi connectivity index (χ2v) is 1.76. The molecule has 0 atom stereocenters. The van der Waals surface area contributed by atoms with Crippen LogP contribution in [-0.2, 0) is 9.59 Å². The molecule has 0 heterocycles. The number of amides is 1. The van der Waals surface area contributed by atoms with Crippen molar-refractivity contribution in [3.63, 3.8) is 0 Å². The van der Waals surface area contributed by atoms with E-state index >= 15 is 0 Å². The van der Waals surface area contributed by atoms with Crippen LogP contribution >= 0.6 is 15.9 Å². The van der Waals surface area contributed by atoms with Gasteiger partial charge in [0, 0.05) is 0 Å². The fourth-order valence-electron chi connectivity index (χ4n) is 0. The summed E-state index contributed by atoms with van der Waals surface area (Å²) in [5.74, 6) is -1.30. The maximum absolute atomic E-state index is 9.54. The van der Waals surface area contributed by atoms with Gasteiger partial charge in [-0.15, -0.1) is 0 Å². The molecule has 0 bridgehead atoms. The van der Waals surface area contributed by atoms with Gasteiger partial charge in [0.15, 0.2) is 0 Å². The molecule has 0 aromatic rings. The number of halogens is 1. The summed E-state index contributed by atoms with van der Waals surface area (Å²) in [5, 5.41) is 7.85. The van der Waals surface area contributed by atoms with Gasteiger partial charge in [0.1, 0.15) is 0 Å². The van der Waals surface area contributed by atoms with E-state index in [0.717, 1.165) is 0 Å². The Morgan fingerprint density at radius 3 is 1.70 bits per heavy atom. The lowest BCUT2D eigenvalue weighted by Crippen LogP contribution is -2.10. The highest BCUT2D eigenvalue weighted by Crippen LogP contribution is 1.71. The lowest BCUT2D eigenvalue weighted by atomic mass is 10.7. The summed E-state index contributed by atoms with van der Waals surface area (Å²) in [7, 11) is 0. The second-order valence-electron chi connectivity index (χ2n) is 1.20. The van der Waals surface area contributed by atoms with Crippen LogP contribution in [-0.4, -0.2) is 28.9 Å². The van der Waals surface area contributed by atoms with E-state index in [9.17, 15) is 9.59 Å². The van der Waals surface area contributed by atoms with E-state index in [1.807, 2.05) is 0 Å². The Bertz CT molecular complexity index is 103. The lowest BCUT2D eigenvalue weighted by Gasteiger charge is -1.73. The Hall–Kier alpha value is -0.620. The number of hydrogen-bond donors (Lipinski definition) is 3. The third kappa shape index (κ3) is 26.3. The quantitative estimate of drug-likeness (QED) is 0.506. The van der Waals surface area contributed by atoms with Crippen LogP contribution in [0.25, 0.3) is 0 Å². The summed E-state index contributed by atoms with van der Waals surface area (Å²) >= 11 is 2.84. The number of primary amides is 1. The van der Waals surface area contributed by atoms with Crippen molar-refractivity contribution in [1.29, 1.82) is 0 Å². The third-order valence-corrected chi connectivity index (χ3v) is 0.859. The van der Waals surface area contributed by atoms with E-state index < -0.39 is 5.97 Å². The van der Waals surface area contributed by atoms with Gasteiger partial charge in [0.2, 0.25) is 5.91 Å². The first-order chi connectivity index (χ1) is 4.54. The van der Waals surface area contributed by atoms with Gasteiger partial charge in [-0.1, -0.05) is 15.9 Å². The molecule has 5 N–H and O–H groups in total. The van der Waals surface area contributed by atoms with Crippen LogP contribution in [0.15, 0.2) is 0 Å². The van der Waals surface area contributed by atoms with E-state index in [1.54, 1.807) is 0 Å². The summed E-state index contributed by atoms with van der Waals surface area (Å²) < 4.78 is 0. The van der Waals surface area contributed by atoms with Crippen LogP contribution in [0.5, 0.6) is 0 Å². The molecule has 0 saturated heterocycles. The molecule has 0 aliphatic heterocycles. The maximum atomic E-state index is 9.54. The zero-order valence-electron chi connectivity index (χ0n) is 5.21. The predicted molar refractivity (Wildman–Crippen MR) is 39.7 cm³/mol. The second kappa shape index (κ2) is 8.38. The molecule has 0 radical (unpaired) electrons. The van der Waals surface area contributed by atoms with Crippen molar-refractivity contribution >= 4 is 27.8 Å². The molecular weight excluding hydrogens is 204 g/mol. The molecule has 0 aliphatic carbocycles. The largest absolute Gasteiger partial charge is 0.480 e. The van der Waals surface area contributed by atoms with E-state index in [4.69, 9.17) is 5.11 Å². The molecule has 0 aliphatic rings. The minimum Gasteiger partial charge on any atom is -0.480 e. The topological polar surface area (TPSA) is 106 Å². The van der Waals surface area contributed by atoms with Gasteiger partial charge in [-0.3, -0.25) is 9.59 Å². The minimum absolute atomic E-state index is 0.257. The van der Waals surface area contributed by atoms with Crippen molar-refractivity contribution in [3.05, 3.63) is 0 Å². The molecule has 5 nitrogen and oxygen atoms in total. The average molecular weight is 213 g/mol. The van der Waals surface area contributed by atoms with Crippen molar-refractivity contribution in [2.75, 3.05) is 11.9 Å². The number of rotatable bonds is 2. The molecule has 1 amide bonds. The molecule has 0 spiro atoms. The highest BCUT2D eigenvalue weighted by Gasteiger charge is 1.81. The van der Waals surface area contributed by atoms with Crippen LogP contribution in [0.3, 0.4) is 0 Å². The number of alkyl halides is 1. The van der Waals surface area contributed by atoms with Gasteiger partial charge in [0.25, 0.3) is 0 Å². The van der Waals surface area contributed by atoms with Crippen molar-refractivity contribution in [3.8, 4) is 0 Å².